The van der Waals surface area contributed by atoms with E-state index in [9.17, 15) is 9.59 Å². The Labute approximate surface area is 172 Å². The van der Waals surface area contributed by atoms with Crippen molar-refractivity contribution < 1.29 is 9.59 Å². The van der Waals surface area contributed by atoms with Gasteiger partial charge >= 0.3 is 0 Å². The lowest BCUT2D eigenvalue weighted by molar-refractivity contribution is 0.0637. The summed E-state index contributed by atoms with van der Waals surface area (Å²) >= 11 is 0. The van der Waals surface area contributed by atoms with Crippen molar-refractivity contribution in [1.82, 2.24) is 15.1 Å². The van der Waals surface area contributed by atoms with E-state index < -0.39 is 0 Å². The number of nitrogens with one attached hydrogen (secondary N) is 2. The average Bonchev–Trinajstić information content (AvgIpc) is 2.74. The first-order valence-electron chi connectivity index (χ1n) is 10.1. The van der Waals surface area contributed by atoms with Crippen molar-refractivity contribution in [2.24, 2.45) is 0 Å². The number of rotatable bonds is 6. The summed E-state index contributed by atoms with van der Waals surface area (Å²) in [5, 5.41) is 6.01. The smallest absolute Gasteiger partial charge is 0.254 e. The Kier molecular flexibility index (Phi) is 6.88. The Morgan fingerprint density at radius 2 is 1.66 bits per heavy atom. The third kappa shape index (κ3) is 5.35. The van der Waals surface area contributed by atoms with Crippen LogP contribution >= 0.6 is 0 Å². The zero-order valence-corrected chi connectivity index (χ0v) is 17.5. The Morgan fingerprint density at radius 3 is 2.28 bits per heavy atom. The molecule has 2 aromatic carbocycles. The van der Waals surface area contributed by atoms with E-state index in [-0.39, 0.29) is 11.8 Å². The lowest BCUT2D eigenvalue weighted by atomic mass is 10.0. The first kappa shape index (κ1) is 20.9. The van der Waals surface area contributed by atoms with Gasteiger partial charge in [-0.2, -0.15) is 0 Å². The largest absolute Gasteiger partial charge is 0.388 e. The molecule has 29 heavy (non-hydrogen) atoms. The van der Waals surface area contributed by atoms with Crippen molar-refractivity contribution in [2.45, 2.75) is 13.8 Å². The SMILES string of the molecule is CNc1ccc(C(=O)NCCN2CCN(C(=O)c3ccc(C)cc3C)CC2)cc1. The van der Waals surface area contributed by atoms with Gasteiger partial charge in [-0.25, -0.2) is 0 Å². The quantitative estimate of drug-likeness (QED) is 0.790. The molecule has 0 aliphatic carbocycles. The van der Waals surface area contributed by atoms with Crippen LogP contribution in [-0.4, -0.2) is 67.9 Å². The molecule has 1 fully saturated rings. The van der Waals surface area contributed by atoms with E-state index >= 15 is 0 Å². The number of carbonyl (C=O) groups excluding carboxylic acids is 2. The van der Waals surface area contributed by atoms with Crippen molar-refractivity contribution in [3.63, 3.8) is 0 Å². The van der Waals surface area contributed by atoms with Crippen LogP contribution in [0, 0.1) is 13.8 Å². The molecule has 0 aromatic heterocycles. The van der Waals surface area contributed by atoms with Crippen molar-refractivity contribution in [1.29, 1.82) is 0 Å². The number of aryl methyl sites for hydroxylation is 2. The number of hydrogen-bond donors (Lipinski definition) is 2. The molecule has 1 aliphatic rings. The van der Waals surface area contributed by atoms with Crippen LogP contribution in [0.4, 0.5) is 5.69 Å². The lowest BCUT2D eigenvalue weighted by Gasteiger charge is -2.35. The van der Waals surface area contributed by atoms with Gasteiger partial charge in [0.2, 0.25) is 0 Å². The highest BCUT2D eigenvalue weighted by molar-refractivity contribution is 5.96. The summed E-state index contributed by atoms with van der Waals surface area (Å²) in [6.07, 6.45) is 0. The maximum atomic E-state index is 12.8. The highest BCUT2D eigenvalue weighted by Crippen LogP contribution is 2.15. The number of amides is 2. The van der Waals surface area contributed by atoms with E-state index in [0.29, 0.717) is 25.2 Å². The van der Waals surface area contributed by atoms with Crippen molar-refractivity contribution in [2.75, 3.05) is 51.6 Å². The van der Waals surface area contributed by atoms with E-state index in [1.54, 1.807) is 0 Å². The van der Waals surface area contributed by atoms with Gasteiger partial charge in [0.25, 0.3) is 11.8 Å². The van der Waals surface area contributed by atoms with Crippen LogP contribution in [0.5, 0.6) is 0 Å². The summed E-state index contributed by atoms with van der Waals surface area (Å²) in [5.74, 6) is 0.0526. The van der Waals surface area contributed by atoms with Gasteiger partial charge in [-0.3, -0.25) is 14.5 Å². The van der Waals surface area contributed by atoms with Gasteiger partial charge in [-0.1, -0.05) is 17.7 Å². The molecule has 2 N–H and O–H groups in total. The van der Waals surface area contributed by atoms with Crippen LogP contribution in [0.15, 0.2) is 42.5 Å². The first-order valence-corrected chi connectivity index (χ1v) is 10.1. The summed E-state index contributed by atoms with van der Waals surface area (Å²) < 4.78 is 0. The normalized spacial score (nSPS) is 14.5. The molecule has 0 unspecified atom stereocenters. The number of carbonyl (C=O) groups is 2. The van der Waals surface area contributed by atoms with Gasteiger partial charge in [-0.05, 0) is 49.7 Å². The third-order valence-corrected chi connectivity index (χ3v) is 5.42. The monoisotopic (exact) mass is 394 g/mol. The van der Waals surface area contributed by atoms with E-state index in [4.69, 9.17) is 0 Å². The summed E-state index contributed by atoms with van der Waals surface area (Å²) in [6.45, 7) is 8.48. The highest BCUT2D eigenvalue weighted by Gasteiger charge is 2.23. The van der Waals surface area contributed by atoms with Crippen LogP contribution in [0.25, 0.3) is 0 Å². The Morgan fingerprint density at radius 1 is 0.966 bits per heavy atom. The lowest BCUT2D eigenvalue weighted by Crippen LogP contribution is -2.50. The molecule has 0 bridgehead atoms. The van der Waals surface area contributed by atoms with E-state index in [2.05, 4.69) is 21.6 Å². The van der Waals surface area contributed by atoms with Gasteiger partial charge in [0.05, 0.1) is 0 Å². The third-order valence-electron chi connectivity index (χ3n) is 5.42. The van der Waals surface area contributed by atoms with Gasteiger partial charge in [0.1, 0.15) is 0 Å². The van der Waals surface area contributed by atoms with E-state index in [1.165, 1.54) is 5.56 Å². The molecular formula is C23H30N4O2. The predicted octanol–water partition coefficient (Wildman–Crippen LogP) is 2.53. The summed E-state index contributed by atoms with van der Waals surface area (Å²) in [4.78, 5) is 29.2. The number of benzene rings is 2. The maximum absolute atomic E-state index is 12.8. The molecule has 0 atom stereocenters. The Balaban J connectivity index is 1.42. The fourth-order valence-corrected chi connectivity index (χ4v) is 3.62. The molecule has 1 aliphatic heterocycles. The van der Waals surface area contributed by atoms with Gasteiger partial charge < -0.3 is 15.5 Å². The zero-order valence-electron chi connectivity index (χ0n) is 17.5. The molecule has 0 saturated carbocycles. The van der Waals surface area contributed by atoms with Crippen LogP contribution < -0.4 is 10.6 Å². The molecule has 2 aromatic rings. The number of nitrogens with zero attached hydrogens (tertiary/aromatic N) is 2. The van der Waals surface area contributed by atoms with Crippen LogP contribution in [0.1, 0.15) is 31.8 Å². The Bertz CT molecular complexity index is 856. The minimum absolute atomic E-state index is 0.0590. The molecule has 1 saturated heterocycles. The molecule has 2 amide bonds. The molecule has 0 radical (unpaired) electrons. The van der Waals surface area contributed by atoms with Gasteiger partial charge in [0, 0.05) is 63.1 Å². The summed E-state index contributed by atoms with van der Waals surface area (Å²) in [7, 11) is 1.85. The predicted molar refractivity (Wildman–Crippen MR) is 117 cm³/mol. The summed E-state index contributed by atoms with van der Waals surface area (Å²) in [6, 6.07) is 13.4. The highest BCUT2D eigenvalue weighted by atomic mass is 16.2. The van der Waals surface area contributed by atoms with Crippen molar-refractivity contribution in [3.8, 4) is 0 Å². The van der Waals surface area contributed by atoms with Crippen LogP contribution in [0.2, 0.25) is 0 Å². The topological polar surface area (TPSA) is 64.7 Å². The van der Waals surface area contributed by atoms with E-state index in [1.807, 2.05) is 62.2 Å². The van der Waals surface area contributed by atoms with Crippen LogP contribution in [0.3, 0.4) is 0 Å². The molecule has 3 rings (SSSR count). The van der Waals surface area contributed by atoms with Crippen molar-refractivity contribution in [3.05, 3.63) is 64.7 Å². The van der Waals surface area contributed by atoms with Gasteiger partial charge in [-0.15, -0.1) is 0 Å². The van der Waals surface area contributed by atoms with Gasteiger partial charge in [0.15, 0.2) is 0 Å². The molecule has 6 nitrogen and oxygen atoms in total. The Hall–Kier alpha value is -2.86. The minimum Gasteiger partial charge on any atom is -0.388 e. The average molecular weight is 395 g/mol. The zero-order chi connectivity index (χ0) is 20.8. The second-order valence-corrected chi connectivity index (χ2v) is 7.54. The van der Waals surface area contributed by atoms with E-state index in [0.717, 1.165) is 36.4 Å². The number of piperazine rings is 1. The molecule has 1 heterocycles. The number of anilines is 1. The summed E-state index contributed by atoms with van der Waals surface area (Å²) in [5.41, 5.74) is 4.63. The molecule has 154 valence electrons. The number of hydrogen-bond acceptors (Lipinski definition) is 4. The first-order chi connectivity index (χ1) is 14.0. The standard InChI is InChI=1S/C23H30N4O2/c1-17-4-9-21(18(2)16-17)23(29)27-14-12-26(13-15-27)11-10-25-22(28)19-5-7-20(24-3)8-6-19/h4-9,16,24H,10-15H2,1-3H3,(H,25,28). The van der Waals surface area contributed by atoms with Crippen LogP contribution in [-0.2, 0) is 0 Å². The maximum Gasteiger partial charge on any atom is 0.254 e. The molecule has 6 heteroatoms. The van der Waals surface area contributed by atoms with Crippen molar-refractivity contribution >= 4 is 17.5 Å². The minimum atomic E-state index is -0.0590. The fourth-order valence-electron chi connectivity index (χ4n) is 3.62. The second-order valence-electron chi connectivity index (χ2n) is 7.54. The molecule has 0 spiro atoms. The fraction of sp³-hybridized carbons (Fsp3) is 0.391. The molecular weight excluding hydrogens is 364 g/mol. The second kappa shape index (κ2) is 9.56.